The van der Waals surface area contributed by atoms with Crippen LogP contribution in [0.5, 0.6) is 0 Å². The predicted molar refractivity (Wildman–Crippen MR) is 84.0 cm³/mol. The van der Waals surface area contributed by atoms with E-state index < -0.39 is 7.60 Å². The SMILES string of the molecule is CCOP(=O)(OCC)c1ccc(NC)c2ccccc12. The van der Waals surface area contributed by atoms with Crippen LogP contribution in [0.3, 0.4) is 0 Å². The molecule has 108 valence electrons. The van der Waals surface area contributed by atoms with Gasteiger partial charge in [0, 0.05) is 18.1 Å². The number of benzene rings is 2. The number of anilines is 1. The standard InChI is InChI=1S/C15H20NO3P/c1-4-18-20(17,19-5-2)15-11-10-14(16-3)12-8-6-7-9-13(12)15/h6-11,16H,4-5H2,1-3H3. The van der Waals surface area contributed by atoms with E-state index in [1.165, 1.54) is 0 Å². The highest BCUT2D eigenvalue weighted by Crippen LogP contribution is 2.49. The minimum atomic E-state index is -3.28. The third-order valence-corrected chi connectivity index (χ3v) is 5.24. The summed E-state index contributed by atoms with van der Waals surface area (Å²) in [5, 5.41) is 5.66. The Morgan fingerprint density at radius 2 is 1.60 bits per heavy atom. The molecule has 2 aromatic carbocycles. The summed E-state index contributed by atoms with van der Waals surface area (Å²) in [5.41, 5.74) is 0.990. The molecule has 0 heterocycles. The molecule has 0 saturated carbocycles. The smallest absolute Gasteiger partial charge is 0.361 e. The fourth-order valence-corrected chi connectivity index (χ4v) is 4.04. The topological polar surface area (TPSA) is 47.6 Å². The van der Waals surface area contributed by atoms with Gasteiger partial charge in [-0.2, -0.15) is 0 Å². The normalized spacial score (nSPS) is 11.8. The summed E-state index contributed by atoms with van der Waals surface area (Å²) in [4.78, 5) is 0. The average Bonchev–Trinajstić information content (AvgIpc) is 2.46. The van der Waals surface area contributed by atoms with Crippen molar-refractivity contribution in [1.82, 2.24) is 0 Å². The molecule has 0 atom stereocenters. The van der Waals surface area contributed by atoms with Crippen LogP contribution in [0.4, 0.5) is 5.69 Å². The molecule has 5 heteroatoms. The molecular formula is C15H20NO3P. The van der Waals surface area contributed by atoms with Gasteiger partial charge in [-0.25, -0.2) is 0 Å². The number of rotatable bonds is 6. The van der Waals surface area contributed by atoms with Gasteiger partial charge < -0.3 is 14.4 Å². The van der Waals surface area contributed by atoms with Gasteiger partial charge in [-0.1, -0.05) is 24.3 Å². The molecule has 0 fully saturated rings. The summed E-state index contributed by atoms with van der Waals surface area (Å²) < 4.78 is 23.9. The van der Waals surface area contributed by atoms with Crippen LogP contribution in [0.2, 0.25) is 0 Å². The minimum Gasteiger partial charge on any atom is -0.388 e. The molecule has 2 rings (SSSR count). The lowest BCUT2D eigenvalue weighted by Gasteiger charge is -2.19. The quantitative estimate of drug-likeness (QED) is 0.824. The van der Waals surface area contributed by atoms with E-state index in [2.05, 4.69) is 5.32 Å². The summed E-state index contributed by atoms with van der Waals surface area (Å²) in [7, 11) is -1.41. The molecule has 0 aliphatic carbocycles. The molecule has 1 N–H and O–H groups in total. The molecule has 0 aliphatic heterocycles. The lowest BCUT2D eigenvalue weighted by molar-refractivity contribution is 0.230. The maximum atomic E-state index is 13.0. The highest BCUT2D eigenvalue weighted by atomic mass is 31.2. The van der Waals surface area contributed by atoms with Crippen molar-refractivity contribution < 1.29 is 13.6 Å². The second-order valence-corrected chi connectivity index (χ2v) is 6.25. The summed E-state index contributed by atoms with van der Waals surface area (Å²) >= 11 is 0. The Bertz CT molecular complexity index is 632. The van der Waals surface area contributed by atoms with Crippen molar-refractivity contribution >= 4 is 29.4 Å². The van der Waals surface area contributed by atoms with E-state index in [1.54, 1.807) is 0 Å². The van der Waals surface area contributed by atoms with E-state index in [0.717, 1.165) is 16.5 Å². The van der Waals surface area contributed by atoms with Crippen LogP contribution < -0.4 is 10.6 Å². The Morgan fingerprint density at radius 3 is 2.15 bits per heavy atom. The molecule has 0 spiro atoms. The predicted octanol–water partition coefficient (Wildman–Crippen LogP) is 3.77. The molecular weight excluding hydrogens is 273 g/mol. The van der Waals surface area contributed by atoms with Crippen LogP contribution in [0, 0.1) is 0 Å². The van der Waals surface area contributed by atoms with Gasteiger partial charge in [0.2, 0.25) is 0 Å². The molecule has 0 saturated heterocycles. The largest absolute Gasteiger partial charge is 0.388 e. The second-order valence-electron chi connectivity index (χ2n) is 4.26. The van der Waals surface area contributed by atoms with Crippen LogP contribution >= 0.6 is 7.60 Å². The molecule has 0 aromatic heterocycles. The number of hydrogen-bond acceptors (Lipinski definition) is 4. The van der Waals surface area contributed by atoms with Crippen LogP contribution in [-0.2, 0) is 13.6 Å². The van der Waals surface area contributed by atoms with Crippen molar-refractivity contribution in [3.63, 3.8) is 0 Å². The number of fused-ring (bicyclic) bond motifs is 1. The number of nitrogens with one attached hydrogen (secondary N) is 1. The van der Waals surface area contributed by atoms with E-state index >= 15 is 0 Å². The van der Waals surface area contributed by atoms with E-state index in [1.807, 2.05) is 57.3 Å². The van der Waals surface area contributed by atoms with Crippen molar-refractivity contribution in [3.05, 3.63) is 36.4 Å². The molecule has 0 unspecified atom stereocenters. The lowest BCUT2D eigenvalue weighted by Crippen LogP contribution is -2.12. The third-order valence-electron chi connectivity index (χ3n) is 3.06. The first-order chi connectivity index (χ1) is 9.66. The van der Waals surface area contributed by atoms with E-state index in [0.29, 0.717) is 18.5 Å². The molecule has 0 aliphatic rings. The Balaban J connectivity index is 2.68. The van der Waals surface area contributed by atoms with E-state index in [9.17, 15) is 4.57 Å². The van der Waals surface area contributed by atoms with Crippen LogP contribution in [0.1, 0.15) is 13.8 Å². The zero-order valence-electron chi connectivity index (χ0n) is 12.1. The average molecular weight is 293 g/mol. The molecule has 0 radical (unpaired) electrons. The molecule has 20 heavy (non-hydrogen) atoms. The zero-order valence-corrected chi connectivity index (χ0v) is 12.9. The van der Waals surface area contributed by atoms with Crippen molar-refractivity contribution in [1.29, 1.82) is 0 Å². The lowest BCUT2D eigenvalue weighted by atomic mass is 10.1. The van der Waals surface area contributed by atoms with E-state index in [4.69, 9.17) is 9.05 Å². The highest BCUT2D eigenvalue weighted by molar-refractivity contribution is 7.62. The number of hydrogen-bond donors (Lipinski definition) is 1. The van der Waals surface area contributed by atoms with Gasteiger partial charge in [0.05, 0.1) is 18.5 Å². The molecule has 0 amide bonds. The summed E-state index contributed by atoms with van der Waals surface area (Å²) in [6.45, 7) is 4.32. The molecule has 2 aromatic rings. The summed E-state index contributed by atoms with van der Waals surface area (Å²) in [6, 6.07) is 11.5. The Kier molecular flexibility index (Phi) is 4.81. The van der Waals surface area contributed by atoms with Gasteiger partial charge in [0.1, 0.15) is 0 Å². The fourth-order valence-electron chi connectivity index (χ4n) is 2.26. The minimum absolute atomic E-state index is 0.347. The van der Waals surface area contributed by atoms with Crippen molar-refractivity contribution in [2.75, 3.05) is 25.6 Å². The van der Waals surface area contributed by atoms with Crippen molar-refractivity contribution in [2.24, 2.45) is 0 Å². The Labute approximate surface area is 119 Å². The fraction of sp³-hybridized carbons (Fsp3) is 0.333. The first-order valence-electron chi connectivity index (χ1n) is 6.75. The van der Waals surface area contributed by atoms with Gasteiger partial charge in [-0.15, -0.1) is 0 Å². The maximum absolute atomic E-state index is 13.0. The molecule has 4 nitrogen and oxygen atoms in total. The van der Waals surface area contributed by atoms with Gasteiger partial charge in [0.25, 0.3) is 0 Å². The summed E-state index contributed by atoms with van der Waals surface area (Å²) in [6.07, 6.45) is 0. The van der Waals surface area contributed by atoms with Crippen LogP contribution in [0.25, 0.3) is 10.8 Å². The van der Waals surface area contributed by atoms with Gasteiger partial charge >= 0.3 is 7.60 Å². The zero-order chi connectivity index (χ0) is 14.6. The first kappa shape index (κ1) is 15.0. The van der Waals surface area contributed by atoms with Gasteiger partial charge in [0.15, 0.2) is 0 Å². The Morgan fingerprint density at radius 1 is 1.00 bits per heavy atom. The van der Waals surface area contributed by atoms with Crippen molar-refractivity contribution in [2.45, 2.75) is 13.8 Å². The Hall–Kier alpha value is -1.35. The first-order valence-corrected chi connectivity index (χ1v) is 8.29. The molecule has 0 bridgehead atoms. The van der Waals surface area contributed by atoms with Crippen molar-refractivity contribution in [3.8, 4) is 0 Å². The second kappa shape index (κ2) is 6.40. The van der Waals surface area contributed by atoms with Crippen LogP contribution in [-0.4, -0.2) is 20.3 Å². The summed E-state index contributed by atoms with van der Waals surface area (Å²) in [5.74, 6) is 0. The highest BCUT2D eigenvalue weighted by Gasteiger charge is 2.29. The van der Waals surface area contributed by atoms with Gasteiger partial charge in [-0.05, 0) is 31.4 Å². The monoisotopic (exact) mass is 293 g/mol. The third kappa shape index (κ3) is 2.73. The maximum Gasteiger partial charge on any atom is 0.361 e. The van der Waals surface area contributed by atoms with E-state index in [-0.39, 0.29) is 0 Å². The van der Waals surface area contributed by atoms with Gasteiger partial charge in [-0.3, -0.25) is 4.57 Å². The van der Waals surface area contributed by atoms with Crippen LogP contribution in [0.15, 0.2) is 36.4 Å².